The molecule has 0 spiro atoms. The fourth-order valence-corrected chi connectivity index (χ4v) is 2.36. The standard InChI is InChI=1S/C14H19NO/c1-11-5-2-3-7-13(11)14(16)9-12-6-4-8-15-10-12/h2-3,5,7,12,15H,4,6,8-10H2,1H3/t12-/m0/s1. The molecule has 2 rings (SSSR count). The minimum Gasteiger partial charge on any atom is -0.316 e. The molecule has 0 amide bonds. The molecule has 0 aromatic heterocycles. The lowest BCUT2D eigenvalue weighted by atomic mass is 9.91. The Morgan fingerprint density at radius 2 is 2.25 bits per heavy atom. The first-order chi connectivity index (χ1) is 7.77. The average molecular weight is 217 g/mol. The summed E-state index contributed by atoms with van der Waals surface area (Å²) in [6, 6.07) is 7.87. The molecule has 1 saturated heterocycles. The summed E-state index contributed by atoms with van der Waals surface area (Å²) in [4.78, 5) is 12.1. The van der Waals surface area contributed by atoms with Crippen LogP contribution in [0.2, 0.25) is 0 Å². The molecule has 16 heavy (non-hydrogen) atoms. The second-order valence-corrected chi connectivity index (χ2v) is 4.65. The largest absolute Gasteiger partial charge is 0.316 e. The van der Waals surface area contributed by atoms with Crippen molar-refractivity contribution in [2.45, 2.75) is 26.2 Å². The van der Waals surface area contributed by atoms with Gasteiger partial charge >= 0.3 is 0 Å². The number of hydrogen-bond acceptors (Lipinski definition) is 2. The first kappa shape index (κ1) is 11.3. The van der Waals surface area contributed by atoms with E-state index >= 15 is 0 Å². The maximum absolute atomic E-state index is 12.1. The van der Waals surface area contributed by atoms with Crippen molar-refractivity contribution < 1.29 is 4.79 Å². The number of carbonyl (C=O) groups is 1. The highest BCUT2D eigenvalue weighted by molar-refractivity contribution is 5.97. The number of nitrogens with one attached hydrogen (secondary N) is 1. The third-order valence-electron chi connectivity index (χ3n) is 3.32. The van der Waals surface area contributed by atoms with Gasteiger partial charge in [-0.2, -0.15) is 0 Å². The van der Waals surface area contributed by atoms with E-state index in [4.69, 9.17) is 0 Å². The second kappa shape index (κ2) is 5.26. The number of carbonyl (C=O) groups excluding carboxylic acids is 1. The van der Waals surface area contributed by atoms with Crippen molar-refractivity contribution >= 4 is 5.78 Å². The van der Waals surface area contributed by atoms with Crippen molar-refractivity contribution in [1.29, 1.82) is 0 Å². The smallest absolute Gasteiger partial charge is 0.163 e. The highest BCUT2D eigenvalue weighted by Crippen LogP contribution is 2.18. The van der Waals surface area contributed by atoms with Gasteiger partial charge in [-0.1, -0.05) is 24.3 Å². The average Bonchev–Trinajstić information content (AvgIpc) is 2.31. The first-order valence-electron chi connectivity index (χ1n) is 6.07. The van der Waals surface area contributed by atoms with Crippen molar-refractivity contribution in [2.75, 3.05) is 13.1 Å². The van der Waals surface area contributed by atoms with Gasteiger partial charge < -0.3 is 5.32 Å². The van der Waals surface area contributed by atoms with Crippen LogP contribution < -0.4 is 5.32 Å². The Morgan fingerprint density at radius 1 is 1.44 bits per heavy atom. The molecule has 1 atom stereocenters. The van der Waals surface area contributed by atoms with Gasteiger partial charge in [-0.3, -0.25) is 4.79 Å². The molecule has 1 aromatic rings. The summed E-state index contributed by atoms with van der Waals surface area (Å²) in [6.45, 7) is 4.11. The van der Waals surface area contributed by atoms with E-state index in [-0.39, 0.29) is 0 Å². The zero-order valence-electron chi connectivity index (χ0n) is 9.83. The number of ketones is 1. The van der Waals surface area contributed by atoms with Gasteiger partial charge in [-0.05, 0) is 44.3 Å². The van der Waals surface area contributed by atoms with Crippen LogP contribution in [0.3, 0.4) is 0 Å². The van der Waals surface area contributed by atoms with Crippen molar-refractivity contribution in [1.82, 2.24) is 5.32 Å². The molecule has 1 aliphatic heterocycles. The molecular weight excluding hydrogens is 198 g/mol. The molecule has 86 valence electrons. The summed E-state index contributed by atoms with van der Waals surface area (Å²) >= 11 is 0. The Kier molecular flexibility index (Phi) is 3.73. The van der Waals surface area contributed by atoms with E-state index in [2.05, 4.69) is 5.32 Å². The molecule has 0 bridgehead atoms. The van der Waals surface area contributed by atoms with Crippen molar-refractivity contribution in [2.24, 2.45) is 5.92 Å². The quantitative estimate of drug-likeness (QED) is 0.788. The van der Waals surface area contributed by atoms with Crippen molar-refractivity contribution in [3.05, 3.63) is 35.4 Å². The third-order valence-corrected chi connectivity index (χ3v) is 3.32. The van der Waals surface area contributed by atoms with Crippen LogP contribution in [0.25, 0.3) is 0 Å². The molecule has 2 heteroatoms. The van der Waals surface area contributed by atoms with Crippen LogP contribution in [0.15, 0.2) is 24.3 Å². The van der Waals surface area contributed by atoms with Crippen LogP contribution in [0.5, 0.6) is 0 Å². The van der Waals surface area contributed by atoms with Crippen LogP contribution in [0.4, 0.5) is 0 Å². The fraction of sp³-hybridized carbons (Fsp3) is 0.500. The van der Waals surface area contributed by atoms with Crippen molar-refractivity contribution in [3.8, 4) is 0 Å². The summed E-state index contributed by atoms with van der Waals surface area (Å²) in [7, 11) is 0. The zero-order valence-corrected chi connectivity index (χ0v) is 9.83. The number of aryl methyl sites for hydroxylation is 1. The van der Waals surface area contributed by atoms with Crippen LogP contribution >= 0.6 is 0 Å². The minimum absolute atomic E-state index is 0.298. The lowest BCUT2D eigenvalue weighted by Crippen LogP contribution is -2.31. The maximum atomic E-state index is 12.1. The molecule has 1 heterocycles. The normalized spacial score (nSPS) is 20.7. The Hall–Kier alpha value is -1.15. The Bertz CT molecular complexity index is 367. The van der Waals surface area contributed by atoms with E-state index in [0.29, 0.717) is 18.1 Å². The zero-order chi connectivity index (χ0) is 11.4. The van der Waals surface area contributed by atoms with E-state index in [0.717, 1.165) is 24.2 Å². The van der Waals surface area contributed by atoms with Crippen LogP contribution in [0, 0.1) is 12.8 Å². The summed E-state index contributed by atoms with van der Waals surface area (Å²) in [6.07, 6.45) is 3.08. The van der Waals surface area contributed by atoms with Crippen molar-refractivity contribution in [3.63, 3.8) is 0 Å². The summed E-state index contributed by atoms with van der Waals surface area (Å²) < 4.78 is 0. The van der Waals surface area contributed by atoms with Gasteiger partial charge in [0.05, 0.1) is 0 Å². The lowest BCUT2D eigenvalue weighted by Gasteiger charge is -2.22. The Balaban J connectivity index is 2.00. The number of hydrogen-bond donors (Lipinski definition) is 1. The lowest BCUT2D eigenvalue weighted by molar-refractivity contribution is 0.0953. The molecule has 0 unspecified atom stereocenters. The molecule has 1 fully saturated rings. The molecule has 1 aromatic carbocycles. The summed E-state index contributed by atoms with van der Waals surface area (Å²) in [5, 5.41) is 3.35. The van der Waals surface area contributed by atoms with Gasteiger partial charge in [0, 0.05) is 12.0 Å². The molecule has 2 nitrogen and oxygen atoms in total. The highest BCUT2D eigenvalue weighted by atomic mass is 16.1. The van der Waals surface area contributed by atoms with E-state index in [9.17, 15) is 4.79 Å². The predicted octanol–water partition coefficient (Wildman–Crippen LogP) is 2.57. The van der Waals surface area contributed by atoms with Gasteiger partial charge in [-0.25, -0.2) is 0 Å². The molecular formula is C14H19NO. The van der Waals surface area contributed by atoms with Crippen LogP contribution in [0.1, 0.15) is 35.2 Å². The Morgan fingerprint density at radius 3 is 2.94 bits per heavy atom. The Labute approximate surface area is 97.1 Å². The topological polar surface area (TPSA) is 29.1 Å². The number of piperidine rings is 1. The molecule has 1 N–H and O–H groups in total. The van der Waals surface area contributed by atoms with E-state index in [1.165, 1.54) is 12.8 Å². The fourth-order valence-electron chi connectivity index (χ4n) is 2.36. The number of Topliss-reactive ketones (excluding diaryl/α,β-unsaturated/α-hetero) is 1. The van der Waals surface area contributed by atoms with E-state index < -0.39 is 0 Å². The molecule has 0 radical (unpaired) electrons. The predicted molar refractivity (Wildman–Crippen MR) is 65.7 cm³/mol. The van der Waals surface area contributed by atoms with Gasteiger partial charge in [0.2, 0.25) is 0 Å². The molecule has 0 aliphatic carbocycles. The van der Waals surface area contributed by atoms with Gasteiger partial charge in [0.1, 0.15) is 0 Å². The van der Waals surface area contributed by atoms with E-state index in [1.54, 1.807) is 0 Å². The highest BCUT2D eigenvalue weighted by Gasteiger charge is 2.18. The van der Waals surface area contributed by atoms with E-state index in [1.807, 2.05) is 31.2 Å². The van der Waals surface area contributed by atoms with Gasteiger partial charge in [0.15, 0.2) is 5.78 Å². The van der Waals surface area contributed by atoms with Crippen LogP contribution in [-0.4, -0.2) is 18.9 Å². The van der Waals surface area contributed by atoms with Crippen LogP contribution in [-0.2, 0) is 0 Å². The third kappa shape index (κ3) is 2.70. The molecule has 1 aliphatic rings. The van der Waals surface area contributed by atoms with Gasteiger partial charge in [0.25, 0.3) is 0 Å². The maximum Gasteiger partial charge on any atom is 0.163 e. The summed E-state index contributed by atoms with van der Waals surface area (Å²) in [5.74, 6) is 0.827. The SMILES string of the molecule is Cc1ccccc1C(=O)C[C@@H]1CCCNC1. The summed E-state index contributed by atoms with van der Waals surface area (Å²) in [5.41, 5.74) is 1.99. The second-order valence-electron chi connectivity index (χ2n) is 4.65. The van der Waals surface area contributed by atoms with Gasteiger partial charge in [-0.15, -0.1) is 0 Å². The number of rotatable bonds is 3. The first-order valence-corrected chi connectivity index (χ1v) is 6.07. The number of benzene rings is 1. The minimum atomic E-state index is 0.298. The monoisotopic (exact) mass is 217 g/mol. The molecule has 0 saturated carbocycles.